The Kier molecular flexibility index (Phi) is 6.19. The second kappa shape index (κ2) is 7.41. The molecule has 0 fully saturated rings. The highest BCUT2D eigenvalue weighted by molar-refractivity contribution is 5.11. The van der Waals surface area contributed by atoms with Gasteiger partial charge in [-0.25, -0.2) is 0 Å². The van der Waals surface area contributed by atoms with E-state index in [4.69, 9.17) is 4.74 Å². The molecule has 0 amide bonds. The number of rotatable bonds is 9. The SMILES string of the molecule is CCCNCC(C)(C)COc1cnn(CCC)c1. The molecule has 1 aromatic heterocycles. The highest BCUT2D eigenvalue weighted by Gasteiger charge is 2.18. The minimum Gasteiger partial charge on any atom is -0.490 e. The summed E-state index contributed by atoms with van der Waals surface area (Å²) in [6, 6.07) is 0. The molecule has 1 N–H and O–H groups in total. The molecule has 4 nitrogen and oxygen atoms in total. The molecule has 0 bridgehead atoms. The Morgan fingerprint density at radius 2 is 2.11 bits per heavy atom. The van der Waals surface area contributed by atoms with E-state index >= 15 is 0 Å². The van der Waals surface area contributed by atoms with E-state index in [1.165, 1.54) is 6.42 Å². The van der Waals surface area contributed by atoms with Crippen LogP contribution in [0.5, 0.6) is 5.75 Å². The summed E-state index contributed by atoms with van der Waals surface area (Å²) in [7, 11) is 0. The van der Waals surface area contributed by atoms with Crippen molar-refractivity contribution < 1.29 is 4.74 Å². The first-order chi connectivity index (χ1) is 8.57. The van der Waals surface area contributed by atoms with Crippen LogP contribution in [0.15, 0.2) is 12.4 Å². The zero-order valence-electron chi connectivity index (χ0n) is 12.2. The van der Waals surface area contributed by atoms with Gasteiger partial charge in [0, 0.05) is 18.5 Å². The van der Waals surface area contributed by atoms with Crippen LogP contribution < -0.4 is 10.1 Å². The third kappa shape index (κ3) is 5.54. The topological polar surface area (TPSA) is 39.1 Å². The second-order valence-corrected chi connectivity index (χ2v) is 5.57. The van der Waals surface area contributed by atoms with E-state index < -0.39 is 0 Å². The molecule has 0 saturated heterocycles. The summed E-state index contributed by atoms with van der Waals surface area (Å²) >= 11 is 0. The van der Waals surface area contributed by atoms with Crippen LogP contribution in [0.1, 0.15) is 40.5 Å². The Bertz CT molecular complexity index is 334. The molecule has 4 heteroatoms. The van der Waals surface area contributed by atoms with E-state index in [0.717, 1.165) is 31.8 Å². The fraction of sp³-hybridized carbons (Fsp3) is 0.786. The quantitative estimate of drug-likeness (QED) is 0.688. The monoisotopic (exact) mass is 253 g/mol. The first-order valence-corrected chi connectivity index (χ1v) is 6.93. The highest BCUT2D eigenvalue weighted by Crippen LogP contribution is 2.17. The fourth-order valence-electron chi connectivity index (χ4n) is 1.70. The molecular formula is C14H27N3O. The predicted octanol–water partition coefficient (Wildman–Crippen LogP) is 2.70. The normalized spacial score (nSPS) is 11.8. The van der Waals surface area contributed by atoms with Gasteiger partial charge in [-0.2, -0.15) is 5.10 Å². The van der Waals surface area contributed by atoms with E-state index in [9.17, 15) is 0 Å². The number of hydrogen-bond acceptors (Lipinski definition) is 3. The van der Waals surface area contributed by atoms with Gasteiger partial charge in [-0.1, -0.05) is 27.7 Å². The lowest BCUT2D eigenvalue weighted by Crippen LogP contribution is -2.34. The van der Waals surface area contributed by atoms with E-state index in [0.29, 0.717) is 6.61 Å². The maximum absolute atomic E-state index is 5.81. The summed E-state index contributed by atoms with van der Waals surface area (Å²) < 4.78 is 7.73. The van der Waals surface area contributed by atoms with Crippen LogP contribution in [0.25, 0.3) is 0 Å². The van der Waals surface area contributed by atoms with Crippen molar-refractivity contribution in [1.82, 2.24) is 15.1 Å². The molecule has 0 aliphatic rings. The number of ether oxygens (including phenoxy) is 1. The smallest absolute Gasteiger partial charge is 0.157 e. The zero-order valence-corrected chi connectivity index (χ0v) is 12.2. The Labute approximate surface area is 111 Å². The van der Waals surface area contributed by atoms with Crippen LogP contribution >= 0.6 is 0 Å². The van der Waals surface area contributed by atoms with Crippen LogP contribution in [0.4, 0.5) is 0 Å². The number of nitrogens with zero attached hydrogens (tertiary/aromatic N) is 2. The van der Waals surface area contributed by atoms with Gasteiger partial charge in [0.05, 0.1) is 19.0 Å². The first-order valence-electron chi connectivity index (χ1n) is 6.93. The van der Waals surface area contributed by atoms with Crippen LogP contribution in [0.3, 0.4) is 0 Å². The summed E-state index contributed by atoms with van der Waals surface area (Å²) in [4.78, 5) is 0. The van der Waals surface area contributed by atoms with Gasteiger partial charge in [0.25, 0.3) is 0 Å². The maximum Gasteiger partial charge on any atom is 0.157 e. The molecule has 0 atom stereocenters. The van der Waals surface area contributed by atoms with Gasteiger partial charge in [-0.05, 0) is 19.4 Å². The average molecular weight is 253 g/mol. The van der Waals surface area contributed by atoms with Gasteiger partial charge in [-0.3, -0.25) is 4.68 Å². The Balaban J connectivity index is 2.33. The van der Waals surface area contributed by atoms with Gasteiger partial charge in [0.15, 0.2) is 5.75 Å². The van der Waals surface area contributed by atoms with Crippen molar-refractivity contribution in [2.24, 2.45) is 5.41 Å². The van der Waals surface area contributed by atoms with Crippen LogP contribution in [0, 0.1) is 5.41 Å². The molecule has 1 rings (SSSR count). The molecule has 18 heavy (non-hydrogen) atoms. The molecule has 0 aliphatic heterocycles. The second-order valence-electron chi connectivity index (χ2n) is 5.57. The summed E-state index contributed by atoms with van der Waals surface area (Å²) in [6.07, 6.45) is 6.03. The first kappa shape index (κ1) is 15.0. The number of hydrogen-bond donors (Lipinski definition) is 1. The van der Waals surface area contributed by atoms with E-state index in [1.807, 2.05) is 10.9 Å². The van der Waals surface area contributed by atoms with Crippen molar-refractivity contribution in [2.45, 2.75) is 47.1 Å². The molecule has 104 valence electrons. The molecule has 0 aliphatic carbocycles. The minimum atomic E-state index is 0.141. The Morgan fingerprint density at radius 1 is 1.33 bits per heavy atom. The zero-order chi connectivity index (χ0) is 13.4. The maximum atomic E-state index is 5.81. The molecule has 0 aromatic carbocycles. The lowest BCUT2D eigenvalue weighted by atomic mass is 9.95. The molecule has 0 saturated carbocycles. The van der Waals surface area contributed by atoms with Gasteiger partial charge in [0.2, 0.25) is 0 Å². The molecule has 0 radical (unpaired) electrons. The third-order valence-corrected chi connectivity index (χ3v) is 2.72. The number of nitrogens with one attached hydrogen (secondary N) is 1. The van der Waals surface area contributed by atoms with E-state index in [2.05, 4.69) is 38.1 Å². The van der Waals surface area contributed by atoms with Crippen molar-refractivity contribution >= 4 is 0 Å². The molecule has 1 heterocycles. The van der Waals surface area contributed by atoms with E-state index in [-0.39, 0.29) is 5.41 Å². The minimum absolute atomic E-state index is 0.141. The largest absolute Gasteiger partial charge is 0.490 e. The van der Waals surface area contributed by atoms with E-state index in [1.54, 1.807) is 6.20 Å². The predicted molar refractivity (Wildman–Crippen MR) is 75.0 cm³/mol. The van der Waals surface area contributed by atoms with Crippen molar-refractivity contribution in [1.29, 1.82) is 0 Å². The van der Waals surface area contributed by atoms with Crippen molar-refractivity contribution in [3.63, 3.8) is 0 Å². The molecule has 0 spiro atoms. The van der Waals surface area contributed by atoms with Gasteiger partial charge in [0.1, 0.15) is 0 Å². The Hall–Kier alpha value is -1.03. The average Bonchev–Trinajstić information content (AvgIpc) is 2.75. The van der Waals surface area contributed by atoms with Gasteiger partial charge >= 0.3 is 0 Å². The molecular weight excluding hydrogens is 226 g/mol. The van der Waals surface area contributed by atoms with Crippen molar-refractivity contribution in [2.75, 3.05) is 19.7 Å². The van der Waals surface area contributed by atoms with Crippen molar-refractivity contribution in [3.05, 3.63) is 12.4 Å². The lowest BCUT2D eigenvalue weighted by molar-refractivity contribution is 0.176. The fourth-order valence-corrected chi connectivity index (χ4v) is 1.70. The van der Waals surface area contributed by atoms with Gasteiger partial charge in [-0.15, -0.1) is 0 Å². The van der Waals surface area contributed by atoms with Crippen LogP contribution in [-0.2, 0) is 6.54 Å². The Morgan fingerprint density at radius 3 is 2.78 bits per heavy atom. The summed E-state index contributed by atoms with van der Waals surface area (Å²) in [5.41, 5.74) is 0.141. The number of aromatic nitrogens is 2. The number of aryl methyl sites for hydroxylation is 1. The van der Waals surface area contributed by atoms with Crippen LogP contribution in [-0.4, -0.2) is 29.5 Å². The standard InChI is InChI=1S/C14H27N3O/c1-5-7-15-11-14(3,4)12-18-13-9-16-17(10-13)8-6-2/h9-10,15H,5-8,11-12H2,1-4H3. The van der Waals surface area contributed by atoms with Crippen LogP contribution in [0.2, 0.25) is 0 Å². The van der Waals surface area contributed by atoms with Gasteiger partial charge < -0.3 is 10.1 Å². The summed E-state index contributed by atoms with van der Waals surface area (Å²) in [6.45, 7) is 12.5. The summed E-state index contributed by atoms with van der Waals surface area (Å²) in [5, 5.41) is 7.69. The van der Waals surface area contributed by atoms with Crippen molar-refractivity contribution in [3.8, 4) is 5.75 Å². The summed E-state index contributed by atoms with van der Waals surface area (Å²) in [5.74, 6) is 0.868. The third-order valence-electron chi connectivity index (χ3n) is 2.72. The molecule has 1 aromatic rings. The highest BCUT2D eigenvalue weighted by atomic mass is 16.5. The lowest BCUT2D eigenvalue weighted by Gasteiger charge is -2.24. The molecule has 0 unspecified atom stereocenters.